The Hall–Kier alpha value is -5.78. The molecule has 0 spiro atoms. The molecule has 2 saturated heterocycles. The number of rotatable bonds is 6. The van der Waals surface area contributed by atoms with E-state index in [9.17, 15) is 20.0 Å². The molecule has 2 aromatic carbocycles. The van der Waals surface area contributed by atoms with Gasteiger partial charge in [0.2, 0.25) is 0 Å². The third-order valence-corrected chi connectivity index (χ3v) is 8.89. The van der Waals surface area contributed by atoms with Gasteiger partial charge in [0, 0.05) is 46.0 Å². The normalized spacial score (nSPS) is 18.0. The van der Waals surface area contributed by atoms with Crippen molar-refractivity contribution in [2.75, 3.05) is 6.54 Å². The highest BCUT2D eigenvalue weighted by Gasteiger charge is 2.46. The molecule has 10 nitrogen and oxygen atoms in total. The number of Topliss-reactive ketones (excluding diaryl/α,β-unsaturated/α-hetero) is 2. The van der Waals surface area contributed by atoms with Gasteiger partial charge in [0.15, 0.2) is 11.6 Å². The Balaban J connectivity index is 0.000000193. The second-order valence-electron chi connectivity index (χ2n) is 11.5. The number of carbonyl (C=O) groups excluding carboxylic acids is 2. The highest BCUT2D eigenvalue weighted by molar-refractivity contribution is 5.99. The number of aliphatic hydroxyl groups is 1. The number of carbonyl (C=O) groups is 2. The van der Waals surface area contributed by atoms with Crippen LogP contribution >= 0.6 is 0 Å². The molecule has 3 atom stereocenters. The van der Waals surface area contributed by atoms with Crippen LogP contribution in [0.4, 0.5) is 0 Å². The summed E-state index contributed by atoms with van der Waals surface area (Å²) >= 11 is 0. The fourth-order valence-electron chi connectivity index (χ4n) is 6.62. The Bertz CT molecular complexity index is 1990. The second kappa shape index (κ2) is 13.1. The van der Waals surface area contributed by atoms with E-state index in [2.05, 4.69) is 23.1 Å². The highest BCUT2D eigenvalue weighted by atomic mass is 16.3. The predicted octanol–water partition coefficient (Wildman–Crippen LogP) is 5.04. The number of ketones is 2. The average molecular weight is 610 g/mol. The van der Waals surface area contributed by atoms with Crippen LogP contribution in [0.3, 0.4) is 0 Å². The summed E-state index contributed by atoms with van der Waals surface area (Å²) in [4.78, 5) is 26.6. The van der Waals surface area contributed by atoms with Crippen LogP contribution in [0, 0.1) is 59.2 Å². The van der Waals surface area contributed by atoms with Crippen molar-refractivity contribution in [1.29, 1.82) is 21.0 Å². The zero-order valence-corrected chi connectivity index (χ0v) is 25.7. The number of aliphatic hydroxyl groups excluding tert-OH is 1. The Kier molecular flexibility index (Phi) is 8.99. The lowest BCUT2D eigenvalue weighted by molar-refractivity contribution is 0.0872. The van der Waals surface area contributed by atoms with Gasteiger partial charge in [-0.1, -0.05) is 0 Å². The molecule has 6 rings (SSSR count). The minimum atomic E-state index is -0.337. The van der Waals surface area contributed by atoms with Crippen molar-refractivity contribution >= 4 is 11.6 Å². The number of aromatic nitrogens is 2. The molecule has 10 heteroatoms. The van der Waals surface area contributed by atoms with Crippen molar-refractivity contribution in [1.82, 2.24) is 14.0 Å². The predicted molar refractivity (Wildman–Crippen MR) is 168 cm³/mol. The van der Waals surface area contributed by atoms with E-state index in [1.54, 1.807) is 76.7 Å². The molecule has 4 aromatic rings. The summed E-state index contributed by atoms with van der Waals surface area (Å²) in [5, 5.41) is 46.5. The fraction of sp³-hybridized carbons (Fsp3) is 0.278. The first-order valence-corrected chi connectivity index (χ1v) is 14.9. The van der Waals surface area contributed by atoms with E-state index in [0.29, 0.717) is 39.3 Å². The maximum Gasteiger partial charge on any atom is 0.178 e. The van der Waals surface area contributed by atoms with E-state index in [4.69, 9.17) is 15.8 Å². The van der Waals surface area contributed by atoms with E-state index in [-0.39, 0.29) is 36.3 Å². The first-order chi connectivity index (χ1) is 22.1. The molecule has 1 N–H and O–H groups in total. The molecule has 2 unspecified atom stereocenters. The lowest BCUT2D eigenvalue weighted by atomic mass is 9.98. The van der Waals surface area contributed by atoms with Gasteiger partial charge in [-0.15, -0.1) is 0 Å². The molecular weight excluding hydrogens is 578 g/mol. The average Bonchev–Trinajstić information content (AvgIpc) is 3.80. The van der Waals surface area contributed by atoms with Gasteiger partial charge >= 0.3 is 0 Å². The maximum absolute atomic E-state index is 13.0. The molecule has 0 amide bonds. The van der Waals surface area contributed by atoms with E-state index in [0.717, 1.165) is 36.3 Å². The lowest BCUT2D eigenvalue weighted by Crippen LogP contribution is -2.36. The zero-order valence-electron chi connectivity index (χ0n) is 25.7. The van der Waals surface area contributed by atoms with Gasteiger partial charge in [-0.05, 0) is 101 Å². The summed E-state index contributed by atoms with van der Waals surface area (Å²) in [6, 6.07) is 25.8. The van der Waals surface area contributed by atoms with Gasteiger partial charge in [-0.2, -0.15) is 21.0 Å². The van der Waals surface area contributed by atoms with Crippen LogP contribution in [0.2, 0.25) is 0 Å². The number of hydrogen-bond acceptors (Lipinski definition) is 8. The molecule has 228 valence electrons. The molecule has 4 heterocycles. The first kappa shape index (κ1) is 31.6. The number of hydrogen-bond donors (Lipinski definition) is 1. The third-order valence-electron chi connectivity index (χ3n) is 8.89. The van der Waals surface area contributed by atoms with Crippen LogP contribution in [0.5, 0.6) is 0 Å². The van der Waals surface area contributed by atoms with Gasteiger partial charge in [0.05, 0.1) is 35.9 Å². The minimum Gasteiger partial charge on any atom is -0.391 e. The monoisotopic (exact) mass is 609 g/mol. The van der Waals surface area contributed by atoms with E-state index >= 15 is 0 Å². The smallest absolute Gasteiger partial charge is 0.178 e. The molecular formula is C36H31N7O3. The van der Waals surface area contributed by atoms with Crippen LogP contribution < -0.4 is 0 Å². The summed E-state index contributed by atoms with van der Waals surface area (Å²) in [5.41, 5.74) is 5.94. The van der Waals surface area contributed by atoms with Crippen molar-refractivity contribution in [3.8, 4) is 35.7 Å². The van der Waals surface area contributed by atoms with Crippen molar-refractivity contribution in [2.45, 2.75) is 58.2 Å². The summed E-state index contributed by atoms with van der Waals surface area (Å²) in [5.74, 6) is -0.0937. The van der Waals surface area contributed by atoms with Crippen LogP contribution in [-0.4, -0.2) is 55.4 Å². The Morgan fingerprint density at radius 2 is 1.24 bits per heavy atom. The molecule has 2 fully saturated rings. The van der Waals surface area contributed by atoms with E-state index in [1.165, 1.54) is 6.92 Å². The Morgan fingerprint density at radius 1 is 0.761 bits per heavy atom. The van der Waals surface area contributed by atoms with Gasteiger partial charge in [-0.3, -0.25) is 14.5 Å². The molecule has 2 aliphatic rings. The van der Waals surface area contributed by atoms with Crippen LogP contribution in [-0.2, 0) is 0 Å². The summed E-state index contributed by atoms with van der Waals surface area (Å²) in [6.07, 6.45) is 2.37. The maximum atomic E-state index is 13.0. The SMILES string of the molecule is CC(=O)c1cc(C#N)n(-c2ccc(C#N)cc2)c1C.Cc1c(C(=O)CN2C3CCC2[C@@H](O)C3)cc(C#N)n1-c1ccc(C#N)cc1. The summed E-state index contributed by atoms with van der Waals surface area (Å²) in [6.45, 7) is 5.39. The van der Waals surface area contributed by atoms with Gasteiger partial charge in [-0.25, -0.2) is 0 Å². The molecule has 2 bridgehead atoms. The highest BCUT2D eigenvalue weighted by Crippen LogP contribution is 2.38. The van der Waals surface area contributed by atoms with Crippen LogP contribution in [0.1, 0.15) is 80.8 Å². The minimum absolute atomic E-state index is 0.0256. The third kappa shape index (κ3) is 5.84. The number of nitriles is 4. The quantitative estimate of drug-likeness (QED) is 0.297. The van der Waals surface area contributed by atoms with E-state index < -0.39 is 0 Å². The van der Waals surface area contributed by atoms with Gasteiger partial charge < -0.3 is 14.2 Å². The zero-order chi connectivity index (χ0) is 33.1. The largest absolute Gasteiger partial charge is 0.391 e. The molecule has 2 aromatic heterocycles. The van der Waals surface area contributed by atoms with E-state index in [1.807, 2.05) is 13.0 Å². The van der Waals surface area contributed by atoms with Crippen molar-refractivity contribution in [2.24, 2.45) is 0 Å². The second-order valence-corrected chi connectivity index (χ2v) is 11.5. The Morgan fingerprint density at radius 3 is 1.63 bits per heavy atom. The topological polar surface area (TPSA) is 163 Å². The Labute approximate surface area is 267 Å². The van der Waals surface area contributed by atoms with Gasteiger partial charge in [0.25, 0.3) is 0 Å². The standard InChI is InChI=1S/C21H20N4O2.C15H11N3O/c1-13-18(21(27)12-24-16-6-7-19(24)20(26)9-16)8-17(11-23)25(13)15-4-2-14(10-22)3-5-15;1-10-15(11(2)19)7-14(9-17)18(10)13-5-3-12(8-16)4-6-13/h2-5,8,16,19-20,26H,6-7,9,12H2,1H3;3-7H,1-2H3/t16?,19?,20-;/m0./s1. The number of nitrogens with zero attached hydrogens (tertiary/aromatic N) is 7. The van der Waals surface area contributed by atoms with Crippen molar-refractivity contribution < 1.29 is 14.7 Å². The number of benzene rings is 2. The van der Waals surface area contributed by atoms with Crippen molar-refractivity contribution in [3.63, 3.8) is 0 Å². The van der Waals surface area contributed by atoms with Crippen LogP contribution in [0.15, 0.2) is 60.7 Å². The summed E-state index contributed by atoms with van der Waals surface area (Å²) < 4.78 is 3.47. The molecule has 46 heavy (non-hydrogen) atoms. The van der Waals surface area contributed by atoms with Gasteiger partial charge in [0.1, 0.15) is 23.5 Å². The molecule has 0 aliphatic carbocycles. The summed E-state index contributed by atoms with van der Waals surface area (Å²) in [7, 11) is 0. The molecule has 2 aliphatic heterocycles. The fourth-order valence-corrected chi connectivity index (χ4v) is 6.62. The van der Waals surface area contributed by atoms with Crippen LogP contribution in [0.25, 0.3) is 11.4 Å². The number of fused-ring (bicyclic) bond motifs is 2. The first-order valence-electron chi connectivity index (χ1n) is 14.9. The lowest BCUT2D eigenvalue weighted by Gasteiger charge is -2.21. The van der Waals surface area contributed by atoms with Crippen molar-refractivity contribution in [3.05, 3.63) is 106 Å². The molecule has 0 radical (unpaired) electrons. The molecule has 0 saturated carbocycles.